The van der Waals surface area contributed by atoms with Gasteiger partial charge in [-0.3, -0.25) is 0 Å². The van der Waals surface area contributed by atoms with Crippen LogP contribution in [0.4, 0.5) is 0 Å². The average Bonchev–Trinajstić information content (AvgIpc) is 0.722. The van der Waals surface area contributed by atoms with E-state index in [-0.39, 0.29) is 0 Å². The quantitative estimate of drug-likeness (QED) is 0.601. The molecule has 0 aromatic carbocycles. The van der Waals surface area contributed by atoms with E-state index in [1.807, 2.05) is 0 Å². The van der Waals surface area contributed by atoms with Gasteiger partial charge in [0, 0.05) is 0 Å². The Labute approximate surface area is 48.6 Å². The zero-order chi connectivity index (χ0) is 4.50. The monoisotopic (exact) mass is 379 g/mol. The fraction of sp³-hybridized carbons (Fsp3) is 0. The van der Waals surface area contributed by atoms with Crippen LogP contribution in [-0.4, -0.2) is 0 Å². The number of hydrogen-bond acceptors (Lipinski definition) is 0. The summed E-state index contributed by atoms with van der Waals surface area (Å²) in [6.45, 7) is 0. The van der Waals surface area contributed by atoms with Crippen molar-refractivity contribution >= 4 is 22.9 Å². The molecule has 0 spiro atoms. The second kappa shape index (κ2) is 2.50. The van der Waals surface area contributed by atoms with Gasteiger partial charge in [-0.2, -0.15) is 0 Å². The van der Waals surface area contributed by atoms with E-state index in [1.54, 1.807) is 0 Å². The molecule has 0 aromatic rings. The third kappa shape index (κ3) is 22.5. The molecule has 32 valence electrons. The van der Waals surface area contributed by atoms with Gasteiger partial charge in [0.1, 0.15) is 0 Å². The third-order valence-electron chi connectivity index (χ3n) is 0. The summed E-state index contributed by atoms with van der Waals surface area (Å²) in [6, 6.07) is 0. The van der Waals surface area contributed by atoms with Crippen LogP contribution in [0.15, 0.2) is 0 Å². The fourth-order valence-electron chi connectivity index (χ4n) is 0. The van der Waals surface area contributed by atoms with Crippen LogP contribution in [-0.2, 0) is 0 Å². The predicted molar refractivity (Wildman–Crippen MR) is 19.0 cm³/mol. The standard InChI is InChI=1S/4ClH.U/h4*1H;/q;;;;+4/p-3. The molecule has 0 heterocycles. The second-order valence-corrected chi connectivity index (χ2v) is 37.4. The molecule has 0 fully saturated rings. The van der Waals surface area contributed by atoms with Gasteiger partial charge in [-0.15, -0.1) is 0 Å². The fourth-order valence-corrected chi connectivity index (χ4v) is 0. The van der Waals surface area contributed by atoms with E-state index in [1.165, 1.54) is 0 Å². The summed E-state index contributed by atoms with van der Waals surface area (Å²) < 4.78 is 0. The molecular weight excluding hydrogens is 380 g/mol. The first-order valence-corrected chi connectivity index (χ1v) is 21.6. The molecule has 0 nitrogen and oxygen atoms in total. The summed E-state index contributed by atoms with van der Waals surface area (Å²) in [7, 11) is 19.7. The summed E-state index contributed by atoms with van der Waals surface area (Å²) in [5.74, 6) is 0. The van der Waals surface area contributed by atoms with E-state index in [9.17, 15) is 0 Å². The number of hydrogen-bond donors (Lipinski definition) is 0. The summed E-state index contributed by atoms with van der Waals surface area (Å²) in [5.41, 5.74) is 0. The van der Waals surface area contributed by atoms with E-state index >= 15 is 0 Å². The first kappa shape index (κ1) is 7.21. The molecule has 0 aliphatic carbocycles. The molecule has 0 aromatic heterocycles. The first-order valence-electron chi connectivity index (χ1n) is 0.771. The molecule has 0 aliphatic rings. The van der Waals surface area contributed by atoms with Gasteiger partial charge in [-0.05, 0) is 0 Å². The van der Waals surface area contributed by atoms with Crippen LogP contribution in [0.2, 0.25) is 0 Å². The maximum atomic E-state index is 5.11. The van der Waals surface area contributed by atoms with E-state index in [4.69, 9.17) is 22.9 Å². The molecule has 5 heteroatoms. The minimum absolute atomic E-state index is 3.34. The van der Waals surface area contributed by atoms with Crippen LogP contribution < -0.4 is 0 Å². The van der Waals surface area contributed by atoms with Crippen molar-refractivity contribution in [2.24, 2.45) is 0 Å². The van der Waals surface area contributed by atoms with Crippen LogP contribution in [0.1, 0.15) is 0 Å². The van der Waals surface area contributed by atoms with Crippen molar-refractivity contribution in [2.75, 3.05) is 0 Å². The molecule has 0 bridgehead atoms. The van der Waals surface area contributed by atoms with Gasteiger partial charge in [-0.1, -0.05) is 0 Å². The van der Waals surface area contributed by atoms with Crippen molar-refractivity contribution in [3.05, 3.63) is 0 Å². The Hall–Kier alpha value is 2.21. The van der Waals surface area contributed by atoms with Crippen LogP contribution in [0.3, 0.4) is 0 Å². The van der Waals surface area contributed by atoms with E-state index < -0.39 is 19.0 Å². The van der Waals surface area contributed by atoms with E-state index in [2.05, 4.69) is 7.62 Å². The molecule has 0 N–H and O–H groups in total. The molecular formula is HCl4U+. The average molecular weight is 381 g/mol. The second-order valence-electron chi connectivity index (χ2n) is 0.446. The summed E-state index contributed by atoms with van der Waals surface area (Å²) >= 11 is -3.34. The van der Waals surface area contributed by atoms with E-state index in [0.29, 0.717) is 0 Å². The maximum absolute atomic E-state index is 5.11. The number of rotatable bonds is 0. The normalized spacial score (nSPS) is 12.0. The van der Waals surface area contributed by atoms with Crippen molar-refractivity contribution in [1.82, 2.24) is 0 Å². The Balaban J connectivity index is 3.02. The van der Waals surface area contributed by atoms with Gasteiger partial charge in [-0.25, -0.2) is 0 Å². The molecule has 0 unspecified atom stereocenters. The molecule has 0 atom stereocenters. The third-order valence-corrected chi connectivity index (χ3v) is 0. The Morgan fingerprint density at radius 3 is 1.20 bits per heavy atom. The molecule has 5 heavy (non-hydrogen) atoms. The molecule has 0 rings (SSSR count). The Bertz CT molecular complexity index is 19.1. The van der Waals surface area contributed by atoms with Gasteiger partial charge in [0.25, 0.3) is 0 Å². The summed E-state index contributed by atoms with van der Waals surface area (Å²) in [4.78, 5) is 0. The van der Waals surface area contributed by atoms with Crippen molar-refractivity contribution in [3.63, 3.8) is 0 Å². The van der Waals surface area contributed by atoms with Crippen molar-refractivity contribution in [3.8, 4) is 0 Å². The zero-order valence-electron chi connectivity index (χ0n) is 2.04. The van der Waals surface area contributed by atoms with Crippen LogP contribution in [0.25, 0.3) is 0 Å². The summed E-state index contributed by atoms with van der Waals surface area (Å²) in [6.07, 6.45) is 0. The topological polar surface area (TPSA) is 0 Å². The van der Waals surface area contributed by atoms with Crippen molar-refractivity contribution in [1.29, 1.82) is 0 Å². The van der Waals surface area contributed by atoms with Gasteiger partial charge in [0.2, 0.25) is 0 Å². The molecule has 0 radical (unpaired) electrons. The Morgan fingerprint density at radius 2 is 1.20 bits per heavy atom. The van der Waals surface area contributed by atoms with Crippen LogP contribution in [0.5, 0.6) is 0 Å². The van der Waals surface area contributed by atoms with Gasteiger partial charge < -0.3 is 0 Å². The summed E-state index contributed by atoms with van der Waals surface area (Å²) in [5, 5.41) is 0. The SMILES string of the molecule is [Cl][U]([Cl])([Cl])[ClH+]. The van der Waals surface area contributed by atoms with Gasteiger partial charge >= 0.3 is 49.5 Å². The predicted octanol–water partition coefficient (Wildman–Crippen LogP) is 1.80. The van der Waals surface area contributed by atoms with Crippen molar-refractivity contribution < 1.29 is 26.7 Å². The van der Waals surface area contributed by atoms with Crippen molar-refractivity contribution in [2.45, 2.75) is 0 Å². The molecule has 0 saturated carbocycles. The van der Waals surface area contributed by atoms with Gasteiger partial charge in [0.15, 0.2) is 0 Å². The molecule has 0 amide bonds. The first-order chi connectivity index (χ1) is 2.00. The Morgan fingerprint density at radius 1 is 1.20 bits per heavy atom. The minimum atomic E-state index is -3.34. The number of halogens is 4. The Kier molecular flexibility index (Phi) is 3.61. The van der Waals surface area contributed by atoms with E-state index in [0.717, 1.165) is 0 Å². The molecule has 0 aliphatic heterocycles. The van der Waals surface area contributed by atoms with Gasteiger partial charge in [0.05, 0.1) is 0 Å². The van der Waals surface area contributed by atoms with Crippen LogP contribution in [0, 0.1) is 26.7 Å². The molecule has 0 saturated heterocycles. The van der Waals surface area contributed by atoms with Crippen LogP contribution >= 0.6 is 22.9 Å². The zero-order valence-corrected chi connectivity index (χ0v) is 9.29.